The zero-order valence-corrected chi connectivity index (χ0v) is 9.88. The lowest BCUT2D eigenvalue weighted by Crippen LogP contribution is -1.88. The van der Waals surface area contributed by atoms with Gasteiger partial charge in [-0.05, 0) is 34.5 Å². The van der Waals surface area contributed by atoms with E-state index in [1.54, 1.807) is 30.3 Å². The molecule has 0 heterocycles. The molecular formula is C15H8N4. The fourth-order valence-electron chi connectivity index (χ4n) is 1.82. The van der Waals surface area contributed by atoms with Crippen LogP contribution in [-0.4, -0.2) is 0 Å². The van der Waals surface area contributed by atoms with Gasteiger partial charge >= 0.3 is 0 Å². The van der Waals surface area contributed by atoms with Crippen LogP contribution in [0.1, 0.15) is 5.56 Å². The second-order valence-electron chi connectivity index (χ2n) is 3.91. The molecule has 0 aliphatic carbocycles. The molecule has 0 fully saturated rings. The van der Waals surface area contributed by atoms with Crippen molar-refractivity contribution in [2.75, 3.05) is 5.73 Å². The highest BCUT2D eigenvalue weighted by atomic mass is 14.5. The Hall–Kier alpha value is -3.29. The van der Waals surface area contributed by atoms with Gasteiger partial charge in [-0.2, -0.15) is 15.8 Å². The molecule has 0 aliphatic rings. The Bertz CT molecular complexity index is 795. The van der Waals surface area contributed by atoms with Crippen LogP contribution < -0.4 is 5.73 Å². The quantitative estimate of drug-likeness (QED) is 0.616. The number of benzene rings is 2. The van der Waals surface area contributed by atoms with Crippen molar-refractivity contribution in [2.24, 2.45) is 0 Å². The highest BCUT2D eigenvalue weighted by molar-refractivity contribution is 5.92. The van der Waals surface area contributed by atoms with E-state index in [1.807, 2.05) is 24.3 Å². The molecule has 88 valence electrons. The van der Waals surface area contributed by atoms with Gasteiger partial charge in [0.1, 0.15) is 23.8 Å². The van der Waals surface area contributed by atoms with Crippen molar-refractivity contribution in [2.45, 2.75) is 0 Å². The third-order valence-corrected chi connectivity index (χ3v) is 2.74. The molecule has 4 heteroatoms. The summed E-state index contributed by atoms with van der Waals surface area (Å²) in [6.45, 7) is 0. The van der Waals surface area contributed by atoms with Gasteiger partial charge in [0.05, 0.1) is 5.57 Å². The van der Waals surface area contributed by atoms with Crippen LogP contribution in [0.5, 0.6) is 0 Å². The zero-order valence-electron chi connectivity index (χ0n) is 9.88. The average Bonchev–Trinajstić information content (AvgIpc) is 2.44. The number of rotatable bonds is 1. The first-order chi connectivity index (χ1) is 9.19. The predicted molar refractivity (Wildman–Crippen MR) is 72.1 cm³/mol. The molecule has 19 heavy (non-hydrogen) atoms. The van der Waals surface area contributed by atoms with Gasteiger partial charge in [0.25, 0.3) is 0 Å². The zero-order chi connectivity index (χ0) is 13.8. The minimum Gasteiger partial charge on any atom is -0.399 e. The Labute approximate surface area is 110 Å². The topological polar surface area (TPSA) is 97.4 Å². The maximum atomic E-state index is 9.10. The Morgan fingerprint density at radius 3 is 2.11 bits per heavy atom. The van der Waals surface area contributed by atoms with Gasteiger partial charge in [-0.15, -0.1) is 0 Å². The van der Waals surface area contributed by atoms with Crippen LogP contribution in [0.3, 0.4) is 0 Å². The molecule has 0 aliphatic heterocycles. The van der Waals surface area contributed by atoms with E-state index in [-0.39, 0.29) is 11.1 Å². The van der Waals surface area contributed by atoms with Crippen LogP contribution in [-0.2, 0) is 0 Å². The predicted octanol–water partition coefficient (Wildman–Crippen LogP) is 2.75. The molecule has 2 N–H and O–H groups in total. The molecule has 4 nitrogen and oxygen atoms in total. The number of anilines is 1. The third-order valence-electron chi connectivity index (χ3n) is 2.74. The summed E-state index contributed by atoms with van der Waals surface area (Å²) in [6, 6.07) is 16.1. The number of nitrogens with zero attached hydrogens (tertiary/aromatic N) is 3. The van der Waals surface area contributed by atoms with Crippen LogP contribution in [0.25, 0.3) is 16.3 Å². The second-order valence-corrected chi connectivity index (χ2v) is 3.91. The molecule has 0 atom stereocenters. The summed E-state index contributed by atoms with van der Waals surface area (Å²) in [5, 5.41) is 28.6. The Kier molecular flexibility index (Phi) is 3.15. The van der Waals surface area contributed by atoms with Crippen LogP contribution in [0.4, 0.5) is 5.69 Å². The monoisotopic (exact) mass is 244 g/mol. The standard InChI is InChI=1S/C15H8N4/c16-7-13(8-17)15(9-18)12-2-1-11-6-14(19)4-3-10(11)5-12/h1-6H,19H2. The minimum absolute atomic E-state index is 0.0868. The van der Waals surface area contributed by atoms with E-state index in [1.165, 1.54) is 0 Å². The fraction of sp³-hybridized carbons (Fsp3) is 0. The van der Waals surface area contributed by atoms with Gasteiger partial charge in [0.2, 0.25) is 0 Å². The summed E-state index contributed by atoms with van der Waals surface area (Å²) in [5.41, 5.74) is 6.81. The molecule has 0 saturated heterocycles. The number of nitrogens with two attached hydrogens (primary N) is 1. The van der Waals surface area contributed by atoms with E-state index in [2.05, 4.69) is 0 Å². The number of hydrogen-bond donors (Lipinski definition) is 1. The first kappa shape index (κ1) is 12.2. The van der Waals surface area contributed by atoms with Crippen LogP contribution in [0, 0.1) is 34.0 Å². The van der Waals surface area contributed by atoms with E-state index in [0.29, 0.717) is 11.3 Å². The van der Waals surface area contributed by atoms with Crippen molar-refractivity contribution >= 4 is 22.0 Å². The molecule has 0 spiro atoms. The average molecular weight is 244 g/mol. The lowest BCUT2D eigenvalue weighted by Gasteiger charge is -2.03. The third kappa shape index (κ3) is 2.22. The van der Waals surface area contributed by atoms with Crippen molar-refractivity contribution in [1.82, 2.24) is 0 Å². The van der Waals surface area contributed by atoms with E-state index in [0.717, 1.165) is 10.8 Å². The normalized spacial score (nSPS) is 9.11. The highest BCUT2D eigenvalue weighted by Gasteiger charge is 2.09. The fourth-order valence-corrected chi connectivity index (χ4v) is 1.82. The summed E-state index contributed by atoms with van der Waals surface area (Å²) in [5.74, 6) is 0. The molecular weight excluding hydrogens is 236 g/mol. The van der Waals surface area contributed by atoms with Gasteiger partial charge in [-0.1, -0.05) is 18.2 Å². The molecule has 0 amide bonds. The van der Waals surface area contributed by atoms with E-state index < -0.39 is 0 Å². The smallest absolute Gasteiger partial charge is 0.148 e. The SMILES string of the molecule is N#CC(C#N)=C(C#N)c1ccc2cc(N)ccc2c1. The molecule has 0 radical (unpaired) electrons. The number of hydrogen-bond acceptors (Lipinski definition) is 4. The van der Waals surface area contributed by atoms with Crippen molar-refractivity contribution in [1.29, 1.82) is 15.8 Å². The van der Waals surface area contributed by atoms with Crippen LogP contribution in [0.2, 0.25) is 0 Å². The van der Waals surface area contributed by atoms with Crippen molar-refractivity contribution in [3.63, 3.8) is 0 Å². The second kappa shape index (κ2) is 4.92. The lowest BCUT2D eigenvalue weighted by atomic mass is 9.99. The van der Waals surface area contributed by atoms with Gasteiger partial charge in [0, 0.05) is 5.69 Å². The van der Waals surface area contributed by atoms with Crippen LogP contribution in [0.15, 0.2) is 42.0 Å². The largest absolute Gasteiger partial charge is 0.399 e. The number of allylic oxidation sites excluding steroid dienone is 2. The van der Waals surface area contributed by atoms with Gasteiger partial charge in [-0.3, -0.25) is 0 Å². The summed E-state index contributed by atoms with van der Waals surface area (Å²) in [6.07, 6.45) is 0. The molecule has 2 aromatic carbocycles. The van der Waals surface area contributed by atoms with Crippen molar-refractivity contribution in [3.8, 4) is 18.2 Å². The summed E-state index contributed by atoms with van der Waals surface area (Å²) in [4.78, 5) is 0. The molecule has 0 bridgehead atoms. The number of fused-ring (bicyclic) bond motifs is 1. The highest BCUT2D eigenvalue weighted by Crippen LogP contribution is 2.24. The van der Waals surface area contributed by atoms with Crippen molar-refractivity contribution < 1.29 is 0 Å². The Morgan fingerprint density at radius 1 is 0.842 bits per heavy atom. The summed E-state index contributed by atoms with van der Waals surface area (Å²) < 4.78 is 0. The van der Waals surface area contributed by atoms with Crippen molar-refractivity contribution in [3.05, 3.63) is 47.5 Å². The Balaban J connectivity index is 2.69. The molecule has 0 aromatic heterocycles. The van der Waals surface area contributed by atoms with E-state index in [9.17, 15) is 0 Å². The first-order valence-electron chi connectivity index (χ1n) is 5.44. The molecule has 0 saturated carbocycles. The van der Waals surface area contributed by atoms with Crippen LogP contribution >= 0.6 is 0 Å². The Morgan fingerprint density at radius 2 is 1.47 bits per heavy atom. The summed E-state index contributed by atoms with van der Waals surface area (Å²) >= 11 is 0. The number of nitrogen functional groups attached to an aromatic ring is 1. The maximum Gasteiger partial charge on any atom is 0.148 e. The van der Waals surface area contributed by atoms with Gasteiger partial charge < -0.3 is 5.73 Å². The maximum absolute atomic E-state index is 9.10. The molecule has 0 unspecified atom stereocenters. The van der Waals surface area contributed by atoms with Gasteiger partial charge in [-0.25, -0.2) is 0 Å². The first-order valence-corrected chi connectivity index (χ1v) is 5.44. The minimum atomic E-state index is -0.183. The molecule has 2 aromatic rings. The van der Waals surface area contributed by atoms with E-state index in [4.69, 9.17) is 21.5 Å². The van der Waals surface area contributed by atoms with E-state index >= 15 is 0 Å². The van der Waals surface area contributed by atoms with Gasteiger partial charge in [0.15, 0.2) is 0 Å². The molecule has 2 rings (SSSR count). The lowest BCUT2D eigenvalue weighted by molar-refractivity contribution is 1.45. The number of nitriles is 3. The summed E-state index contributed by atoms with van der Waals surface area (Å²) in [7, 11) is 0.